The second-order valence-electron chi connectivity index (χ2n) is 6.55. The molecule has 0 saturated carbocycles. The zero-order valence-electron chi connectivity index (χ0n) is 15.3. The first-order chi connectivity index (χ1) is 12.5. The van der Waals surface area contributed by atoms with E-state index in [1.807, 2.05) is 19.1 Å². The summed E-state index contributed by atoms with van der Waals surface area (Å²) in [4.78, 5) is 24.8. The Labute approximate surface area is 152 Å². The minimum absolute atomic E-state index is 0.0539. The third-order valence-electron chi connectivity index (χ3n) is 4.49. The van der Waals surface area contributed by atoms with Crippen molar-refractivity contribution in [2.24, 2.45) is 0 Å². The van der Waals surface area contributed by atoms with E-state index >= 15 is 0 Å². The molecule has 1 aromatic heterocycles. The van der Waals surface area contributed by atoms with E-state index < -0.39 is 11.5 Å². The van der Waals surface area contributed by atoms with E-state index in [9.17, 15) is 9.59 Å². The lowest BCUT2D eigenvalue weighted by Gasteiger charge is -2.12. The molecule has 2 heterocycles. The van der Waals surface area contributed by atoms with Crippen molar-refractivity contribution in [3.05, 3.63) is 57.1 Å². The fourth-order valence-corrected chi connectivity index (χ4v) is 3.05. The number of aryl methyl sites for hydroxylation is 1. The van der Waals surface area contributed by atoms with Crippen LogP contribution in [0.25, 0.3) is 0 Å². The number of nitrogens with one attached hydrogen (secondary N) is 1. The van der Waals surface area contributed by atoms with Crippen LogP contribution < -0.4 is 20.4 Å². The second kappa shape index (κ2) is 7.64. The summed E-state index contributed by atoms with van der Waals surface area (Å²) in [7, 11) is 0. The molecule has 2 aromatic rings. The average Bonchev–Trinajstić information content (AvgIpc) is 3.07. The van der Waals surface area contributed by atoms with E-state index in [0.29, 0.717) is 22.8 Å². The molecule has 1 aliphatic rings. The largest absolute Gasteiger partial charge is 0.454 e. The van der Waals surface area contributed by atoms with Crippen LogP contribution in [0.15, 0.2) is 33.5 Å². The van der Waals surface area contributed by atoms with Gasteiger partial charge in [-0.1, -0.05) is 26.3 Å². The zero-order valence-corrected chi connectivity index (χ0v) is 15.3. The fourth-order valence-electron chi connectivity index (χ4n) is 3.05. The quantitative estimate of drug-likeness (QED) is 0.856. The molecule has 0 radical (unpaired) electrons. The molecule has 6 nitrogen and oxygen atoms in total. The third-order valence-corrected chi connectivity index (χ3v) is 4.49. The molecular weight excluding hydrogens is 334 g/mol. The highest BCUT2D eigenvalue weighted by atomic mass is 16.7. The predicted octanol–water partition coefficient (Wildman–Crippen LogP) is 3.51. The van der Waals surface area contributed by atoms with Crippen molar-refractivity contribution in [3.8, 4) is 11.5 Å². The van der Waals surface area contributed by atoms with Crippen molar-refractivity contribution in [1.82, 2.24) is 5.32 Å². The topological polar surface area (TPSA) is 77.8 Å². The maximum absolute atomic E-state index is 12.5. The highest BCUT2D eigenvalue weighted by Gasteiger charge is 2.19. The van der Waals surface area contributed by atoms with Gasteiger partial charge in [-0.05, 0) is 42.7 Å². The van der Waals surface area contributed by atoms with E-state index in [-0.39, 0.29) is 24.8 Å². The van der Waals surface area contributed by atoms with Gasteiger partial charge in [0.05, 0.1) is 0 Å². The Kier molecular flexibility index (Phi) is 5.30. The van der Waals surface area contributed by atoms with Crippen molar-refractivity contribution >= 4 is 5.91 Å². The zero-order chi connectivity index (χ0) is 18.7. The monoisotopic (exact) mass is 357 g/mol. The van der Waals surface area contributed by atoms with Gasteiger partial charge in [0.2, 0.25) is 6.79 Å². The molecule has 0 saturated heterocycles. The van der Waals surface area contributed by atoms with Crippen LogP contribution >= 0.6 is 0 Å². The molecule has 6 heteroatoms. The lowest BCUT2D eigenvalue weighted by atomic mass is 10.0. The van der Waals surface area contributed by atoms with Gasteiger partial charge in [-0.25, -0.2) is 4.79 Å². The van der Waals surface area contributed by atoms with Crippen molar-refractivity contribution in [2.45, 2.75) is 46.1 Å². The number of carbonyl (C=O) groups is 1. The summed E-state index contributed by atoms with van der Waals surface area (Å²) in [5.41, 5.74) is 0.949. The lowest BCUT2D eigenvalue weighted by Crippen LogP contribution is -2.29. The summed E-state index contributed by atoms with van der Waals surface area (Å²) >= 11 is 0. The number of fused-ring (bicyclic) bond motifs is 1. The summed E-state index contributed by atoms with van der Waals surface area (Å²) in [6.07, 6.45) is 1.93. The minimum atomic E-state index is -0.592. The average molecular weight is 357 g/mol. The standard InChI is InChI=1S/C20H23NO5/c1-4-5-12(2)16-8-13(3)18(20(23)26-16)19(22)21-10-14-6-7-15-17(9-14)25-11-24-15/h6-9,12H,4-5,10-11H2,1-3H3,(H,21,22). The highest BCUT2D eigenvalue weighted by molar-refractivity contribution is 5.95. The van der Waals surface area contributed by atoms with Crippen molar-refractivity contribution in [1.29, 1.82) is 0 Å². The van der Waals surface area contributed by atoms with Gasteiger partial charge in [-0.15, -0.1) is 0 Å². The number of hydrogen-bond donors (Lipinski definition) is 1. The van der Waals surface area contributed by atoms with Crippen LogP contribution in [-0.4, -0.2) is 12.7 Å². The molecule has 26 heavy (non-hydrogen) atoms. The third kappa shape index (κ3) is 3.74. The number of rotatable bonds is 6. The first kappa shape index (κ1) is 18.0. The Morgan fingerprint density at radius 2 is 2.00 bits per heavy atom. The minimum Gasteiger partial charge on any atom is -0.454 e. The van der Waals surface area contributed by atoms with Crippen LogP contribution in [0.4, 0.5) is 0 Å². The molecular formula is C20H23NO5. The van der Waals surface area contributed by atoms with Crippen LogP contribution in [0.3, 0.4) is 0 Å². The Morgan fingerprint density at radius 1 is 1.23 bits per heavy atom. The Morgan fingerprint density at radius 3 is 2.73 bits per heavy atom. The molecule has 138 valence electrons. The van der Waals surface area contributed by atoms with E-state index in [1.165, 1.54) is 0 Å². The Hall–Kier alpha value is -2.76. The summed E-state index contributed by atoms with van der Waals surface area (Å²) in [6.45, 7) is 6.34. The van der Waals surface area contributed by atoms with Crippen molar-refractivity contribution in [3.63, 3.8) is 0 Å². The molecule has 1 atom stereocenters. The summed E-state index contributed by atoms with van der Waals surface area (Å²) < 4.78 is 16.0. The highest BCUT2D eigenvalue weighted by Crippen LogP contribution is 2.32. The van der Waals surface area contributed by atoms with Crippen LogP contribution in [0.1, 0.15) is 59.9 Å². The second-order valence-corrected chi connectivity index (χ2v) is 6.55. The maximum Gasteiger partial charge on any atom is 0.349 e. The fraction of sp³-hybridized carbons (Fsp3) is 0.400. The number of hydrogen-bond acceptors (Lipinski definition) is 5. The summed E-state index contributed by atoms with van der Waals surface area (Å²) in [5, 5.41) is 2.77. The maximum atomic E-state index is 12.5. The molecule has 1 unspecified atom stereocenters. The Bertz CT molecular complexity index is 871. The van der Waals surface area contributed by atoms with Gasteiger partial charge in [-0.3, -0.25) is 4.79 Å². The first-order valence-electron chi connectivity index (χ1n) is 8.81. The normalized spacial score (nSPS) is 13.5. The summed E-state index contributed by atoms with van der Waals surface area (Å²) in [5.74, 6) is 1.68. The van der Waals surface area contributed by atoms with Gasteiger partial charge < -0.3 is 19.2 Å². The first-order valence-corrected chi connectivity index (χ1v) is 8.81. The van der Waals surface area contributed by atoms with Crippen LogP contribution in [0.5, 0.6) is 11.5 Å². The molecule has 1 N–H and O–H groups in total. The van der Waals surface area contributed by atoms with Gasteiger partial charge in [-0.2, -0.15) is 0 Å². The molecule has 3 rings (SSSR count). The van der Waals surface area contributed by atoms with E-state index in [1.54, 1.807) is 19.1 Å². The lowest BCUT2D eigenvalue weighted by molar-refractivity contribution is 0.0945. The van der Waals surface area contributed by atoms with Crippen molar-refractivity contribution in [2.75, 3.05) is 6.79 Å². The molecule has 0 aliphatic carbocycles. The molecule has 1 aromatic carbocycles. The van der Waals surface area contributed by atoms with Gasteiger partial charge in [0, 0.05) is 12.5 Å². The smallest absolute Gasteiger partial charge is 0.349 e. The molecule has 0 spiro atoms. The van der Waals surface area contributed by atoms with Crippen LogP contribution in [-0.2, 0) is 6.54 Å². The van der Waals surface area contributed by atoms with Gasteiger partial charge in [0.1, 0.15) is 11.3 Å². The molecule has 0 fully saturated rings. The summed E-state index contributed by atoms with van der Waals surface area (Å²) in [6, 6.07) is 7.25. The number of benzene rings is 1. The van der Waals surface area contributed by atoms with Gasteiger partial charge in [0.25, 0.3) is 5.91 Å². The van der Waals surface area contributed by atoms with Crippen LogP contribution in [0, 0.1) is 6.92 Å². The van der Waals surface area contributed by atoms with Gasteiger partial charge >= 0.3 is 5.63 Å². The van der Waals surface area contributed by atoms with E-state index in [2.05, 4.69) is 12.2 Å². The number of amides is 1. The van der Waals surface area contributed by atoms with Crippen molar-refractivity contribution < 1.29 is 18.7 Å². The SMILES string of the molecule is CCCC(C)c1cc(C)c(C(=O)NCc2ccc3c(c2)OCO3)c(=O)o1. The Balaban J connectivity index is 1.72. The van der Waals surface area contributed by atoms with Gasteiger partial charge in [0.15, 0.2) is 11.5 Å². The number of carbonyl (C=O) groups excluding carboxylic acids is 1. The van der Waals surface area contributed by atoms with E-state index in [0.717, 1.165) is 18.4 Å². The number of ether oxygens (including phenoxy) is 2. The molecule has 1 aliphatic heterocycles. The molecule has 1 amide bonds. The van der Waals surface area contributed by atoms with E-state index in [4.69, 9.17) is 13.9 Å². The van der Waals surface area contributed by atoms with Crippen LogP contribution in [0.2, 0.25) is 0 Å². The molecule has 0 bridgehead atoms. The predicted molar refractivity (Wildman–Crippen MR) is 96.8 cm³/mol.